The van der Waals surface area contributed by atoms with E-state index in [9.17, 15) is 6.85 Å². The van der Waals surface area contributed by atoms with Gasteiger partial charge in [-0.05, 0) is 104 Å². The van der Waals surface area contributed by atoms with Crippen molar-refractivity contribution in [3.63, 3.8) is 0 Å². The van der Waals surface area contributed by atoms with Crippen LogP contribution >= 0.6 is 0 Å². The molecule has 0 radical (unpaired) electrons. The van der Waals surface area contributed by atoms with Crippen LogP contribution in [-0.2, 0) is 5.41 Å². The molecule has 0 N–H and O–H groups in total. The van der Waals surface area contributed by atoms with Crippen LogP contribution in [0.3, 0.4) is 0 Å². The molecule has 1 atom stereocenters. The van der Waals surface area contributed by atoms with Gasteiger partial charge in [0.1, 0.15) is 0 Å². The van der Waals surface area contributed by atoms with Crippen molar-refractivity contribution in [3.05, 3.63) is 240 Å². The van der Waals surface area contributed by atoms with Gasteiger partial charge in [0.05, 0.1) is 36.0 Å². The Morgan fingerprint density at radius 2 is 1.07 bits per heavy atom. The molecule has 2 aliphatic rings. The van der Waals surface area contributed by atoms with E-state index in [0.717, 1.165) is 88.7 Å². The first kappa shape index (κ1) is 27.0. The fourth-order valence-electron chi connectivity index (χ4n) is 10.4. The zero-order chi connectivity index (χ0) is 43.9. The Bertz CT molecular complexity index is 3860. The van der Waals surface area contributed by atoms with Gasteiger partial charge in [0.25, 0.3) is 0 Å². The summed E-state index contributed by atoms with van der Waals surface area (Å²) in [4.78, 5) is 2.36. The molecular formula is C57H36N2. The third-order valence-electron chi connectivity index (χ3n) is 12.7. The highest BCUT2D eigenvalue weighted by Crippen LogP contribution is 2.64. The van der Waals surface area contributed by atoms with Gasteiger partial charge in [-0.25, -0.2) is 0 Å². The molecule has 59 heavy (non-hydrogen) atoms. The predicted octanol–water partition coefficient (Wildman–Crippen LogP) is 14.9. The largest absolute Gasteiger partial charge is 0.309 e. The van der Waals surface area contributed by atoms with Crippen molar-refractivity contribution in [2.75, 3.05) is 4.90 Å². The summed E-state index contributed by atoms with van der Waals surface area (Å²) < 4.78 is 58.1. The fourth-order valence-corrected chi connectivity index (χ4v) is 10.4. The number of benzene rings is 10. The lowest BCUT2D eigenvalue weighted by Gasteiger charge is -2.40. The van der Waals surface area contributed by atoms with Crippen molar-refractivity contribution in [3.8, 4) is 27.9 Å². The lowest BCUT2D eigenvalue weighted by atomic mass is 9.61. The van der Waals surface area contributed by atoms with Crippen LogP contribution in [0.5, 0.6) is 0 Å². The number of aromatic nitrogens is 1. The van der Waals surface area contributed by atoms with Crippen LogP contribution in [0.15, 0.2) is 218 Å². The molecule has 1 spiro atoms. The van der Waals surface area contributed by atoms with Crippen LogP contribution < -0.4 is 4.90 Å². The zero-order valence-corrected chi connectivity index (χ0v) is 31.7. The zero-order valence-electron chi connectivity index (χ0n) is 37.7. The van der Waals surface area contributed by atoms with Crippen molar-refractivity contribution < 1.29 is 8.22 Å². The average Bonchev–Trinajstić information content (AvgIpc) is 3.84. The van der Waals surface area contributed by atoms with Gasteiger partial charge in [-0.3, -0.25) is 0 Å². The summed E-state index contributed by atoms with van der Waals surface area (Å²) in [7, 11) is 0. The van der Waals surface area contributed by atoms with Crippen molar-refractivity contribution in [2.45, 2.75) is 5.41 Å². The van der Waals surface area contributed by atoms with Gasteiger partial charge >= 0.3 is 0 Å². The first-order valence-electron chi connectivity index (χ1n) is 23.0. The predicted molar refractivity (Wildman–Crippen MR) is 247 cm³/mol. The van der Waals surface area contributed by atoms with Crippen LogP contribution in [0.25, 0.3) is 71.3 Å². The molecule has 2 nitrogen and oxygen atoms in total. The van der Waals surface area contributed by atoms with Crippen molar-refractivity contribution in [2.24, 2.45) is 0 Å². The summed E-state index contributed by atoms with van der Waals surface area (Å²) in [6.45, 7) is 0. The topological polar surface area (TPSA) is 8.17 Å². The average molecular weight is 755 g/mol. The van der Waals surface area contributed by atoms with Gasteiger partial charge in [0.2, 0.25) is 0 Å². The molecule has 11 aromatic rings. The van der Waals surface area contributed by atoms with Gasteiger partial charge in [0.15, 0.2) is 0 Å². The molecule has 2 heteroatoms. The Kier molecular flexibility index (Phi) is 5.57. The van der Waals surface area contributed by atoms with E-state index < -0.39 is 5.41 Å². The molecular weight excluding hydrogens is 713 g/mol. The minimum atomic E-state index is -1.18. The van der Waals surface area contributed by atoms with Crippen molar-refractivity contribution >= 4 is 60.4 Å². The van der Waals surface area contributed by atoms with E-state index in [2.05, 4.69) is 155 Å². The van der Waals surface area contributed by atoms with E-state index in [0.29, 0.717) is 16.5 Å². The molecule has 0 fully saturated rings. The Balaban J connectivity index is 1.18. The van der Waals surface area contributed by atoms with Crippen LogP contribution in [0.2, 0.25) is 0 Å². The van der Waals surface area contributed by atoms with Crippen LogP contribution in [0.4, 0.5) is 17.1 Å². The third kappa shape index (κ3) is 4.30. The number of hydrogen-bond acceptors (Lipinski definition) is 1. The minimum Gasteiger partial charge on any atom is -0.309 e. The second-order valence-electron chi connectivity index (χ2n) is 15.5. The normalized spacial score (nSPS) is 16.3. The summed E-state index contributed by atoms with van der Waals surface area (Å²) in [6.07, 6.45) is 0. The fraction of sp³-hybridized carbons (Fsp3) is 0.0175. The molecule has 1 unspecified atom stereocenters. The highest BCUT2D eigenvalue weighted by molar-refractivity contribution is 6.13. The maximum absolute atomic E-state index is 9.87. The van der Waals surface area contributed by atoms with E-state index in [-0.39, 0.29) is 41.6 Å². The SMILES string of the molecule is [2H]c1c([2H])c2c3c(c([2H])c([2H])c([2H])c3c1[2H])C1(c3ccccc3-c3c(N(c4ccc5c(c4)c4ccccc4n5-c4ccccc4)c4cccc5ccccc45)cccc31)c1ccccc1-2. The molecule has 10 aromatic carbocycles. The smallest absolute Gasteiger partial charge is 0.0726 e. The summed E-state index contributed by atoms with van der Waals surface area (Å²) in [5.74, 6) is 0. The van der Waals surface area contributed by atoms with Crippen LogP contribution in [0, 0.1) is 0 Å². The van der Waals surface area contributed by atoms with Gasteiger partial charge in [-0.2, -0.15) is 0 Å². The van der Waals surface area contributed by atoms with Crippen LogP contribution in [0.1, 0.15) is 30.5 Å². The molecule has 1 aromatic heterocycles. The third-order valence-corrected chi connectivity index (χ3v) is 12.7. The summed E-state index contributed by atoms with van der Waals surface area (Å²) in [5, 5.41) is 4.99. The molecule has 0 saturated carbocycles. The molecule has 0 aliphatic heterocycles. The van der Waals surface area contributed by atoms with Gasteiger partial charge in [0, 0.05) is 33.1 Å². The second kappa shape index (κ2) is 12.2. The molecule has 0 bridgehead atoms. The summed E-state index contributed by atoms with van der Waals surface area (Å²) in [6, 6.07) is 61.9. The molecule has 2 aliphatic carbocycles. The lowest BCUT2D eigenvalue weighted by Crippen LogP contribution is -2.31. The molecule has 0 saturated heterocycles. The van der Waals surface area contributed by atoms with Gasteiger partial charge in [-0.15, -0.1) is 0 Å². The van der Waals surface area contributed by atoms with E-state index in [4.69, 9.17) is 1.37 Å². The molecule has 1 heterocycles. The first-order chi connectivity index (χ1) is 31.8. The molecule has 13 rings (SSSR count). The summed E-state index contributed by atoms with van der Waals surface area (Å²) >= 11 is 0. The molecule has 274 valence electrons. The molecule has 0 amide bonds. The monoisotopic (exact) mass is 754 g/mol. The second-order valence-corrected chi connectivity index (χ2v) is 15.5. The quantitative estimate of drug-likeness (QED) is 0.174. The highest BCUT2D eigenvalue weighted by atomic mass is 15.1. The van der Waals surface area contributed by atoms with E-state index in [1.807, 2.05) is 36.4 Å². The number of rotatable bonds is 4. The van der Waals surface area contributed by atoms with E-state index >= 15 is 0 Å². The maximum atomic E-state index is 9.87. The highest BCUT2D eigenvalue weighted by Gasteiger charge is 2.51. The Morgan fingerprint density at radius 3 is 1.95 bits per heavy atom. The van der Waals surface area contributed by atoms with Crippen molar-refractivity contribution in [1.29, 1.82) is 0 Å². The number of anilines is 3. The van der Waals surface area contributed by atoms with Crippen LogP contribution in [-0.4, -0.2) is 4.57 Å². The standard InChI is InChI=1S/C57H36N2/c1-2-20-39(21-3-1)58-52-31-11-8-24-43(52)46-36-40(34-35-53(46)58)59(51-32-14-17-37-16-4-5-22-41(37)51)54-33-15-30-50-56(54)45-25-7-10-28-48(45)57(50)47-27-9-6-23-42(47)44-26-12-18-38-19-13-29-49(57)55(38)44/h1-36H/i12D,13D,18D,19D,26D,29D. The van der Waals surface area contributed by atoms with Gasteiger partial charge < -0.3 is 9.47 Å². The maximum Gasteiger partial charge on any atom is 0.0726 e. The van der Waals surface area contributed by atoms with Gasteiger partial charge in [-0.1, -0.05) is 170 Å². The Labute approximate surface area is 350 Å². The first-order valence-corrected chi connectivity index (χ1v) is 20.0. The Morgan fingerprint density at radius 1 is 0.424 bits per heavy atom. The Hall–Kier alpha value is -7.68. The number of fused-ring (bicyclic) bond motifs is 13. The minimum absolute atomic E-state index is 0.117. The number of nitrogens with zero attached hydrogens (tertiary/aromatic N) is 2. The lowest BCUT2D eigenvalue weighted by molar-refractivity contribution is 0.773. The van der Waals surface area contributed by atoms with E-state index in [1.165, 1.54) is 0 Å². The summed E-state index contributed by atoms with van der Waals surface area (Å²) in [5.41, 5.74) is 11.2. The van der Waals surface area contributed by atoms with Crippen molar-refractivity contribution in [1.82, 2.24) is 4.57 Å². The number of hydrogen-bond donors (Lipinski definition) is 0. The number of para-hydroxylation sites is 2. The van der Waals surface area contributed by atoms with E-state index in [1.54, 1.807) is 0 Å².